The van der Waals surface area contributed by atoms with Gasteiger partial charge in [-0.15, -0.1) is 0 Å². The lowest BCUT2D eigenvalue weighted by molar-refractivity contribution is 0.315. The largest absolute Gasteiger partial charge is 0.491 e. The predicted octanol–water partition coefficient (Wildman–Crippen LogP) is 1.67. The third kappa shape index (κ3) is 2.05. The van der Waals surface area contributed by atoms with Gasteiger partial charge in [-0.3, -0.25) is 4.98 Å². The highest BCUT2D eigenvalue weighted by Gasteiger charge is 1.88. The van der Waals surface area contributed by atoms with Gasteiger partial charge >= 0.3 is 0 Å². The maximum absolute atomic E-state index is 5.24. The van der Waals surface area contributed by atoms with Crippen LogP contribution in [0.25, 0.3) is 0 Å². The first kappa shape index (κ1) is 7.06. The Morgan fingerprint density at radius 2 is 2.60 bits per heavy atom. The summed E-state index contributed by atoms with van der Waals surface area (Å²) in [6, 6.07) is 3.68. The average molecular weight is 136 g/mol. The number of nitrogens with zero attached hydrogens (tertiary/aromatic N) is 1. The van der Waals surface area contributed by atoms with Gasteiger partial charge in [-0.2, -0.15) is 0 Å². The number of hydrogen-bond donors (Lipinski definition) is 0. The summed E-state index contributed by atoms with van der Waals surface area (Å²) in [5.41, 5.74) is 0. The van der Waals surface area contributed by atoms with E-state index in [0.717, 1.165) is 18.8 Å². The molecule has 10 heavy (non-hydrogen) atoms. The fourth-order valence-corrected chi connectivity index (χ4v) is 0.604. The molecule has 0 fully saturated rings. The highest BCUT2D eigenvalue weighted by Crippen LogP contribution is 2.04. The van der Waals surface area contributed by atoms with Crippen molar-refractivity contribution in [2.24, 2.45) is 0 Å². The average Bonchev–Trinajstić information content (AvgIpc) is 2.03. The summed E-state index contributed by atoms with van der Waals surface area (Å²) >= 11 is 0. The SMILES string of the molecule is CCCOc1[c]nccc1. The van der Waals surface area contributed by atoms with E-state index in [0.29, 0.717) is 0 Å². The first-order valence-electron chi connectivity index (χ1n) is 3.39. The maximum Gasteiger partial charge on any atom is 0.147 e. The van der Waals surface area contributed by atoms with Crippen LogP contribution in [0.5, 0.6) is 5.75 Å². The Hall–Kier alpha value is -1.05. The van der Waals surface area contributed by atoms with Gasteiger partial charge in [0, 0.05) is 6.20 Å². The molecule has 0 aromatic carbocycles. The third-order valence-electron chi connectivity index (χ3n) is 1.04. The van der Waals surface area contributed by atoms with Gasteiger partial charge in [0.15, 0.2) is 0 Å². The van der Waals surface area contributed by atoms with Crippen LogP contribution in [0.2, 0.25) is 0 Å². The Morgan fingerprint density at radius 3 is 3.20 bits per heavy atom. The van der Waals surface area contributed by atoms with Crippen molar-refractivity contribution in [1.82, 2.24) is 4.98 Å². The molecule has 0 aliphatic heterocycles. The highest BCUT2D eigenvalue weighted by molar-refractivity contribution is 5.13. The van der Waals surface area contributed by atoms with Crippen molar-refractivity contribution in [2.75, 3.05) is 6.61 Å². The molecule has 0 saturated heterocycles. The van der Waals surface area contributed by atoms with Gasteiger partial charge in [0.1, 0.15) is 11.9 Å². The van der Waals surface area contributed by atoms with Crippen LogP contribution in [-0.2, 0) is 0 Å². The summed E-state index contributed by atoms with van der Waals surface area (Å²) in [5, 5.41) is 0. The van der Waals surface area contributed by atoms with Crippen molar-refractivity contribution >= 4 is 0 Å². The Balaban J connectivity index is 2.43. The van der Waals surface area contributed by atoms with Crippen LogP contribution in [-0.4, -0.2) is 11.6 Å². The van der Waals surface area contributed by atoms with Gasteiger partial charge in [-0.05, 0) is 18.6 Å². The first-order chi connectivity index (χ1) is 4.93. The van der Waals surface area contributed by atoms with Crippen LogP contribution in [0.3, 0.4) is 0 Å². The number of hydrogen-bond acceptors (Lipinski definition) is 2. The molecule has 53 valence electrons. The summed E-state index contributed by atoms with van der Waals surface area (Å²) in [7, 11) is 0. The fourth-order valence-electron chi connectivity index (χ4n) is 0.604. The van der Waals surface area contributed by atoms with Crippen LogP contribution in [0.1, 0.15) is 13.3 Å². The van der Waals surface area contributed by atoms with Gasteiger partial charge in [-0.1, -0.05) is 6.92 Å². The molecular weight excluding hydrogens is 126 g/mol. The van der Waals surface area contributed by atoms with Gasteiger partial charge in [0.25, 0.3) is 0 Å². The molecule has 1 rings (SSSR count). The zero-order valence-electron chi connectivity index (χ0n) is 6.00. The van der Waals surface area contributed by atoms with Crippen molar-refractivity contribution in [3.05, 3.63) is 24.5 Å². The van der Waals surface area contributed by atoms with Crippen LogP contribution < -0.4 is 4.74 Å². The van der Waals surface area contributed by atoms with E-state index in [1.807, 2.05) is 12.1 Å². The number of aromatic nitrogens is 1. The molecule has 1 aromatic heterocycles. The summed E-state index contributed by atoms with van der Waals surface area (Å²) < 4.78 is 5.24. The highest BCUT2D eigenvalue weighted by atomic mass is 16.5. The molecule has 2 nitrogen and oxygen atoms in total. The lowest BCUT2D eigenvalue weighted by Gasteiger charge is -2.00. The van der Waals surface area contributed by atoms with Crippen LogP contribution in [0.15, 0.2) is 18.3 Å². The first-order valence-corrected chi connectivity index (χ1v) is 3.39. The van der Waals surface area contributed by atoms with Crippen LogP contribution in [0, 0.1) is 6.20 Å². The molecule has 0 N–H and O–H groups in total. The molecular formula is C8H10NO. The molecule has 0 aliphatic rings. The normalized spacial score (nSPS) is 9.30. The van der Waals surface area contributed by atoms with Crippen molar-refractivity contribution in [3.8, 4) is 5.75 Å². The smallest absolute Gasteiger partial charge is 0.147 e. The quantitative estimate of drug-likeness (QED) is 0.630. The van der Waals surface area contributed by atoms with Crippen molar-refractivity contribution in [2.45, 2.75) is 13.3 Å². The summed E-state index contributed by atoms with van der Waals surface area (Å²) in [6.45, 7) is 2.80. The molecule has 2 heteroatoms. The fraction of sp³-hybridized carbons (Fsp3) is 0.375. The van der Waals surface area contributed by atoms with E-state index in [1.165, 1.54) is 0 Å². The van der Waals surface area contributed by atoms with Crippen molar-refractivity contribution < 1.29 is 4.74 Å². The van der Waals surface area contributed by atoms with E-state index < -0.39 is 0 Å². The van der Waals surface area contributed by atoms with Gasteiger partial charge in [0.2, 0.25) is 0 Å². The molecule has 0 atom stereocenters. The minimum Gasteiger partial charge on any atom is -0.491 e. The lowest BCUT2D eigenvalue weighted by Crippen LogP contribution is -1.94. The second-order valence-corrected chi connectivity index (χ2v) is 1.96. The van der Waals surface area contributed by atoms with Crippen molar-refractivity contribution in [1.29, 1.82) is 0 Å². The lowest BCUT2D eigenvalue weighted by atomic mass is 10.4. The number of pyridine rings is 1. The monoisotopic (exact) mass is 136 g/mol. The molecule has 1 aromatic rings. The topological polar surface area (TPSA) is 22.1 Å². The molecule has 0 amide bonds. The van der Waals surface area contributed by atoms with Crippen LogP contribution in [0.4, 0.5) is 0 Å². The number of ether oxygens (including phenoxy) is 1. The predicted molar refractivity (Wildman–Crippen MR) is 38.9 cm³/mol. The van der Waals surface area contributed by atoms with Crippen molar-refractivity contribution in [3.63, 3.8) is 0 Å². The molecule has 0 aliphatic carbocycles. The van der Waals surface area contributed by atoms with E-state index in [-0.39, 0.29) is 0 Å². The van der Waals surface area contributed by atoms with E-state index in [1.54, 1.807) is 6.20 Å². The van der Waals surface area contributed by atoms with Gasteiger partial charge < -0.3 is 4.74 Å². The molecule has 0 bridgehead atoms. The second kappa shape index (κ2) is 3.88. The molecule has 0 saturated carbocycles. The zero-order valence-corrected chi connectivity index (χ0v) is 6.00. The minimum atomic E-state index is 0.726. The third-order valence-corrected chi connectivity index (χ3v) is 1.04. The van der Waals surface area contributed by atoms with Gasteiger partial charge in [-0.25, -0.2) is 0 Å². The summed E-state index contributed by atoms with van der Waals surface area (Å²) in [4.78, 5) is 3.79. The second-order valence-electron chi connectivity index (χ2n) is 1.96. The molecule has 0 unspecified atom stereocenters. The van der Waals surface area contributed by atoms with E-state index in [4.69, 9.17) is 4.74 Å². The Labute approximate surface area is 60.9 Å². The molecule has 0 spiro atoms. The zero-order chi connectivity index (χ0) is 7.23. The van der Waals surface area contributed by atoms with Gasteiger partial charge in [0.05, 0.1) is 6.61 Å². The van der Waals surface area contributed by atoms with Crippen LogP contribution >= 0.6 is 0 Å². The summed E-state index contributed by atoms with van der Waals surface area (Å²) in [6.07, 6.45) is 5.43. The van der Waals surface area contributed by atoms with E-state index in [2.05, 4.69) is 18.1 Å². The minimum absolute atomic E-state index is 0.726. The molecule has 1 radical (unpaired) electrons. The standard InChI is InChI=1S/C8H10NO/c1-2-6-10-8-4-3-5-9-7-8/h3-5H,2,6H2,1H3. The van der Waals surface area contributed by atoms with E-state index in [9.17, 15) is 0 Å². The Morgan fingerprint density at radius 1 is 1.70 bits per heavy atom. The maximum atomic E-state index is 5.24. The molecule has 1 heterocycles. The summed E-state index contributed by atoms with van der Waals surface area (Å²) in [5.74, 6) is 0.726. The number of rotatable bonds is 3. The van der Waals surface area contributed by atoms with E-state index >= 15 is 0 Å². The Kier molecular flexibility index (Phi) is 2.74. The Bertz CT molecular complexity index is 174.